The zero-order valence-corrected chi connectivity index (χ0v) is 14.8. The zero-order valence-electron chi connectivity index (χ0n) is 14.8. The first-order valence-corrected chi connectivity index (χ1v) is 9.02. The van der Waals surface area contributed by atoms with Gasteiger partial charge < -0.3 is 4.90 Å². The number of allylic oxidation sites excluding steroid dienone is 2. The molecule has 0 amide bonds. The number of likely N-dealkylation sites (tertiary alicyclic amines) is 1. The summed E-state index contributed by atoms with van der Waals surface area (Å²) in [6.07, 6.45) is 8.38. The molecule has 2 aromatic carbocycles. The lowest BCUT2D eigenvalue weighted by Gasteiger charge is -2.19. The van der Waals surface area contributed by atoms with Gasteiger partial charge in [-0.1, -0.05) is 73.7 Å². The van der Waals surface area contributed by atoms with Gasteiger partial charge in [0.05, 0.1) is 0 Å². The summed E-state index contributed by atoms with van der Waals surface area (Å²) in [4.78, 5) is 15.1. The van der Waals surface area contributed by atoms with Crippen molar-refractivity contribution in [1.82, 2.24) is 4.90 Å². The minimum absolute atomic E-state index is 0.121. The maximum Gasteiger partial charge on any atom is 0.164 e. The van der Waals surface area contributed by atoms with Crippen molar-refractivity contribution in [3.8, 4) is 0 Å². The molecule has 1 atom stereocenters. The topological polar surface area (TPSA) is 20.3 Å². The summed E-state index contributed by atoms with van der Waals surface area (Å²) in [6, 6.07) is 20.2. The van der Waals surface area contributed by atoms with Crippen LogP contribution in [0.1, 0.15) is 36.8 Å². The molecule has 1 unspecified atom stereocenters. The largest absolute Gasteiger partial charge is 0.371 e. The lowest BCUT2D eigenvalue weighted by atomic mass is 9.96. The van der Waals surface area contributed by atoms with E-state index in [-0.39, 0.29) is 11.7 Å². The second-order valence-corrected chi connectivity index (χ2v) is 6.54. The Bertz CT molecular complexity index is 740. The molecule has 0 saturated carbocycles. The normalized spacial score (nSPS) is 16.4. The highest BCUT2D eigenvalue weighted by Gasteiger charge is 2.17. The van der Waals surface area contributed by atoms with E-state index < -0.39 is 0 Å². The number of carbonyl (C=O) groups is 1. The molecule has 1 fully saturated rings. The molecule has 0 radical (unpaired) electrons. The van der Waals surface area contributed by atoms with E-state index in [0.717, 1.165) is 29.9 Å². The van der Waals surface area contributed by atoms with E-state index in [2.05, 4.69) is 29.2 Å². The smallest absolute Gasteiger partial charge is 0.164 e. The number of carbonyl (C=O) groups excluding carboxylic acids is 1. The predicted molar refractivity (Wildman–Crippen MR) is 104 cm³/mol. The second-order valence-electron chi connectivity index (χ2n) is 6.54. The van der Waals surface area contributed by atoms with Crippen LogP contribution in [-0.2, 0) is 4.79 Å². The van der Waals surface area contributed by atoms with Crippen molar-refractivity contribution in [2.24, 2.45) is 0 Å². The van der Waals surface area contributed by atoms with Crippen molar-refractivity contribution in [1.29, 1.82) is 0 Å². The van der Waals surface area contributed by atoms with E-state index in [1.54, 1.807) is 0 Å². The number of nitrogens with zero attached hydrogens (tertiary/aromatic N) is 1. The van der Waals surface area contributed by atoms with Crippen LogP contribution in [0.2, 0.25) is 0 Å². The predicted octanol–water partition coefficient (Wildman–Crippen LogP) is 5.05. The van der Waals surface area contributed by atoms with Crippen LogP contribution in [0.15, 0.2) is 78.5 Å². The van der Waals surface area contributed by atoms with Crippen molar-refractivity contribution in [2.45, 2.75) is 25.7 Å². The summed E-state index contributed by atoms with van der Waals surface area (Å²) in [5.41, 5.74) is 3.24. The minimum atomic E-state index is -0.121. The highest BCUT2D eigenvalue weighted by Crippen LogP contribution is 2.21. The molecule has 1 aliphatic rings. The van der Waals surface area contributed by atoms with E-state index >= 15 is 0 Å². The standard InChI is InChI=1S/C23H25NO/c1-19(21-12-6-3-7-13-21)23(25)18-22(24-16-8-9-17-24)15-14-20-10-4-2-5-11-20/h2-7,10-15,18-19H,8-9,16-17H2,1H3. The maximum atomic E-state index is 12.8. The molecule has 2 heteroatoms. The number of benzene rings is 2. The van der Waals surface area contributed by atoms with Crippen LogP contribution in [0.4, 0.5) is 0 Å². The van der Waals surface area contributed by atoms with Crippen molar-refractivity contribution in [2.75, 3.05) is 13.1 Å². The van der Waals surface area contributed by atoms with Gasteiger partial charge >= 0.3 is 0 Å². The summed E-state index contributed by atoms with van der Waals surface area (Å²) in [5, 5.41) is 0. The maximum absolute atomic E-state index is 12.8. The lowest BCUT2D eigenvalue weighted by Crippen LogP contribution is -2.19. The first kappa shape index (κ1) is 17.2. The van der Waals surface area contributed by atoms with Crippen molar-refractivity contribution in [3.63, 3.8) is 0 Å². The molecule has 0 aromatic heterocycles. The highest BCUT2D eigenvalue weighted by atomic mass is 16.1. The third-order valence-corrected chi connectivity index (χ3v) is 4.73. The number of ketones is 1. The highest BCUT2D eigenvalue weighted by molar-refractivity contribution is 5.96. The Kier molecular flexibility index (Phi) is 5.84. The van der Waals surface area contributed by atoms with Crippen LogP contribution in [0.5, 0.6) is 0 Å². The average molecular weight is 331 g/mol. The van der Waals surface area contributed by atoms with Gasteiger partial charge in [0.15, 0.2) is 5.78 Å². The Morgan fingerprint density at radius 1 is 0.960 bits per heavy atom. The van der Waals surface area contributed by atoms with Crippen LogP contribution >= 0.6 is 0 Å². The van der Waals surface area contributed by atoms with Crippen LogP contribution in [-0.4, -0.2) is 23.8 Å². The van der Waals surface area contributed by atoms with E-state index in [9.17, 15) is 4.79 Å². The molecule has 2 nitrogen and oxygen atoms in total. The number of hydrogen-bond acceptors (Lipinski definition) is 2. The van der Waals surface area contributed by atoms with Crippen LogP contribution < -0.4 is 0 Å². The molecule has 0 N–H and O–H groups in total. The SMILES string of the molecule is CC(C(=O)C=C(C=Cc1ccccc1)N1CCCC1)c1ccccc1. The fraction of sp³-hybridized carbons (Fsp3) is 0.261. The van der Waals surface area contributed by atoms with Gasteiger partial charge in [0.25, 0.3) is 0 Å². The number of hydrogen-bond donors (Lipinski definition) is 0. The Hall–Kier alpha value is -2.61. The molecule has 3 rings (SSSR count). The summed E-state index contributed by atoms with van der Waals surface area (Å²) < 4.78 is 0. The van der Waals surface area contributed by atoms with E-state index in [4.69, 9.17) is 0 Å². The summed E-state index contributed by atoms with van der Waals surface area (Å²) >= 11 is 0. The van der Waals surface area contributed by atoms with Crippen molar-refractivity contribution in [3.05, 3.63) is 89.6 Å². The molecule has 2 aromatic rings. The molecule has 1 aliphatic heterocycles. The van der Waals surface area contributed by atoms with Crippen LogP contribution in [0.25, 0.3) is 6.08 Å². The van der Waals surface area contributed by atoms with Gasteiger partial charge in [-0.15, -0.1) is 0 Å². The van der Waals surface area contributed by atoms with Crippen LogP contribution in [0.3, 0.4) is 0 Å². The zero-order chi connectivity index (χ0) is 17.5. The Morgan fingerprint density at radius 3 is 2.20 bits per heavy atom. The van der Waals surface area contributed by atoms with Gasteiger partial charge in [0.1, 0.15) is 0 Å². The van der Waals surface area contributed by atoms with Gasteiger partial charge in [-0.2, -0.15) is 0 Å². The Morgan fingerprint density at radius 2 is 1.56 bits per heavy atom. The fourth-order valence-electron chi connectivity index (χ4n) is 3.14. The molecule has 0 spiro atoms. The molecular weight excluding hydrogens is 306 g/mol. The molecule has 25 heavy (non-hydrogen) atoms. The third kappa shape index (κ3) is 4.69. The monoisotopic (exact) mass is 331 g/mol. The molecule has 0 aliphatic carbocycles. The van der Waals surface area contributed by atoms with Gasteiger partial charge in [-0.05, 0) is 30.0 Å². The first-order valence-electron chi connectivity index (χ1n) is 9.02. The number of rotatable bonds is 6. The first-order chi connectivity index (χ1) is 12.2. The van der Waals surface area contributed by atoms with Gasteiger partial charge in [0.2, 0.25) is 0 Å². The van der Waals surface area contributed by atoms with Crippen molar-refractivity contribution >= 4 is 11.9 Å². The summed E-state index contributed by atoms with van der Waals surface area (Å²) in [5.74, 6) is 0.0368. The van der Waals surface area contributed by atoms with Gasteiger partial charge in [-0.25, -0.2) is 0 Å². The van der Waals surface area contributed by atoms with Gasteiger partial charge in [-0.3, -0.25) is 4.79 Å². The Balaban J connectivity index is 1.82. The lowest BCUT2D eigenvalue weighted by molar-refractivity contribution is -0.115. The van der Waals surface area contributed by atoms with E-state index in [0.29, 0.717) is 0 Å². The molecule has 128 valence electrons. The third-order valence-electron chi connectivity index (χ3n) is 4.73. The van der Waals surface area contributed by atoms with Crippen LogP contribution in [0, 0.1) is 0 Å². The molecule has 0 bridgehead atoms. The average Bonchev–Trinajstić information content (AvgIpc) is 3.20. The molecule has 1 saturated heterocycles. The van der Waals surface area contributed by atoms with Gasteiger partial charge in [0, 0.05) is 30.8 Å². The quantitative estimate of drug-likeness (QED) is 0.545. The molecule has 1 heterocycles. The molecular formula is C23H25NO. The summed E-state index contributed by atoms with van der Waals surface area (Å²) in [6.45, 7) is 4.03. The second kappa shape index (κ2) is 8.48. The van der Waals surface area contributed by atoms with E-state index in [1.165, 1.54) is 12.8 Å². The fourth-order valence-corrected chi connectivity index (χ4v) is 3.14. The summed E-state index contributed by atoms with van der Waals surface area (Å²) in [7, 11) is 0. The van der Waals surface area contributed by atoms with Crippen molar-refractivity contribution < 1.29 is 4.79 Å². The Labute approximate surface area is 150 Å². The minimum Gasteiger partial charge on any atom is -0.371 e. The van der Waals surface area contributed by atoms with E-state index in [1.807, 2.05) is 61.5 Å².